The number of nitrogens with one attached hydrogen (secondary N) is 1. The SMILES string of the molecule is COc1ccc(NC(=O)[C@H](C)OC(=O)c2ccc(C)c(F)c2)cc1OC. The molecule has 2 rings (SSSR count). The van der Waals surface area contributed by atoms with Gasteiger partial charge < -0.3 is 19.5 Å². The standard InChI is InChI=1S/C19H20FNO5/c1-11-5-6-13(9-15(11)20)19(23)26-12(2)18(22)21-14-7-8-16(24-3)17(10-14)25-4/h5-10,12H,1-4H3,(H,21,22)/t12-/m0/s1. The molecule has 2 aromatic carbocycles. The van der Waals surface area contributed by atoms with Gasteiger partial charge in [-0.15, -0.1) is 0 Å². The molecule has 6 nitrogen and oxygen atoms in total. The number of halogens is 1. The zero-order chi connectivity index (χ0) is 19.3. The molecule has 0 aliphatic heterocycles. The average molecular weight is 361 g/mol. The van der Waals surface area contributed by atoms with Crippen molar-refractivity contribution in [3.8, 4) is 11.5 Å². The molecule has 0 bridgehead atoms. The molecular weight excluding hydrogens is 341 g/mol. The van der Waals surface area contributed by atoms with Crippen molar-refractivity contribution < 1.29 is 28.2 Å². The van der Waals surface area contributed by atoms with Crippen LogP contribution in [0, 0.1) is 12.7 Å². The zero-order valence-corrected chi connectivity index (χ0v) is 15.0. The molecule has 26 heavy (non-hydrogen) atoms. The van der Waals surface area contributed by atoms with Crippen LogP contribution in [0.15, 0.2) is 36.4 Å². The number of carbonyl (C=O) groups is 2. The van der Waals surface area contributed by atoms with Gasteiger partial charge in [0.05, 0.1) is 19.8 Å². The van der Waals surface area contributed by atoms with Crippen LogP contribution in [0.25, 0.3) is 0 Å². The summed E-state index contributed by atoms with van der Waals surface area (Å²) in [5, 5.41) is 2.62. The highest BCUT2D eigenvalue weighted by atomic mass is 19.1. The minimum atomic E-state index is -1.07. The number of hydrogen-bond acceptors (Lipinski definition) is 5. The van der Waals surface area contributed by atoms with E-state index in [1.54, 1.807) is 25.1 Å². The monoisotopic (exact) mass is 361 g/mol. The number of esters is 1. The molecule has 0 saturated carbocycles. The molecule has 0 heterocycles. The highest BCUT2D eigenvalue weighted by Crippen LogP contribution is 2.29. The number of aryl methyl sites for hydroxylation is 1. The summed E-state index contributed by atoms with van der Waals surface area (Å²) in [6.07, 6.45) is -1.07. The molecule has 0 spiro atoms. The van der Waals surface area contributed by atoms with Crippen LogP contribution in [0.2, 0.25) is 0 Å². The zero-order valence-electron chi connectivity index (χ0n) is 15.0. The molecule has 0 aromatic heterocycles. The molecule has 1 N–H and O–H groups in total. The number of anilines is 1. The van der Waals surface area contributed by atoms with Crippen molar-refractivity contribution in [1.82, 2.24) is 0 Å². The molecule has 1 atom stereocenters. The maximum Gasteiger partial charge on any atom is 0.339 e. The third-order valence-electron chi connectivity index (χ3n) is 3.71. The summed E-state index contributed by atoms with van der Waals surface area (Å²) in [4.78, 5) is 24.3. The minimum absolute atomic E-state index is 0.0406. The average Bonchev–Trinajstić information content (AvgIpc) is 2.63. The van der Waals surface area contributed by atoms with Gasteiger partial charge in [0.25, 0.3) is 5.91 Å². The number of carbonyl (C=O) groups excluding carboxylic acids is 2. The fourth-order valence-corrected chi connectivity index (χ4v) is 2.16. The van der Waals surface area contributed by atoms with Gasteiger partial charge in [-0.1, -0.05) is 6.07 Å². The van der Waals surface area contributed by atoms with E-state index in [0.29, 0.717) is 22.7 Å². The topological polar surface area (TPSA) is 73.9 Å². The van der Waals surface area contributed by atoms with E-state index in [1.807, 2.05) is 0 Å². The first-order valence-electron chi connectivity index (χ1n) is 7.85. The predicted molar refractivity (Wildman–Crippen MR) is 94.2 cm³/mol. The van der Waals surface area contributed by atoms with E-state index < -0.39 is 23.8 Å². The minimum Gasteiger partial charge on any atom is -0.493 e. The number of ether oxygens (including phenoxy) is 3. The molecule has 0 unspecified atom stereocenters. The van der Waals surface area contributed by atoms with Crippen LogP contribution in [0.5, 0.6) is 11.5 Å². The van der Waals surface area contributed by atoms with Crippen LogP contribution in [0.3, 0.4) is 0 Å². The van der Waals surface area contributed by atoms with Crippen molar-refractivity contribution in [3.05, 3.63) is 53.3 Å². The summed E-state index contributed by atoms with van der Waals surface area (Å²) in [7, 11) is 2.99. The lowest BCUT2D eigenvalue weighted by Gasteiger charge is -2.15. The van der Waals surface area contributed by atoms with Crippen molar-refractivity contribution in [1.29, 1.82) is 0 Å². The Kier molecular flexibility index (Phi) is 6.16. The number of methoxy groups -OCH3 is 2. The summed E-state index contributed by atoms with van der Waals surface area (Å²) < 4.78 is 28.9. The normalized spacial score (nSPS) is 11.4. The number of amides is 1. The van der Waals surface area contributed by atoms with Gasteiger partial charge in [0.1, 0.15) is 5.82 Å². The van der Waals surface area contributed by atoms with Crippen molar-refractivity contribution in [2.24, 2.45) is 0 Å². The van der Waals surface area contributed by atoms with Crippen LogP contribution >= 0.6 is 0 Å². The van der Waals surface area contributed by atoms with Gasteiger partial charge in [-0.2, -0.15) is 0 Å². The van der Waals surface area contributed by atoms with Crippen LogP contribution < -0.4 is 14.8 Å². The molecule has 0 aliphatic rings. The summed E-state index contributed by atoms with van der Waals surface area (Å²) >= 11 is 0. The second kappa shape index (κ2) is 8.33. The quantitative estimate of drug-likeness (QED) is 0.799. The van der Waals surface area contributed by atoms with E-state index in [1.165, 1.54) is 33.3 Å². The summed E-state index contributed by atoms with van der Waals surface area (Å²) in [5.74, 6) is -0.852. The van der Waals surface area contributed by atoms with Crippen LogP contribution in [-0.2, 0) is 9.53 Å². The fourth-order valence-electron chi connectivity index (χ4n) is 2.16. The lowest BCUT2D eigenvalue weighted by Crippen LogP contribution is -2.30. The van der Waals surface area contributed by atoms with Crippen molar-refractivity contribution in [3.63, 3.8) is 0 Å². The number of benzene rings is 2. The maximum absolute atomic E-state index is 13.5. The summed E-state index contributed by atoms with van der Waals surface area (Å²) in [5.41, 5.74) is 0.914. The van der Waals surface area contributed by atoms with Gasteiger partial charge in [-0.3, -0.25) is 4.79 Å². The first-order chi connectivity index (χ1) is 12.3. The Labute approximate surface area is 150 Å². The molecule has 7 heteroatoms. The van der Waals surface area contributed by atoms with Gasteiger partial charge in [0, 0.05) is 11.8 Å². The van der Waals surface area contributed by atoms with Crippen molar-refractivity contribution in [2.75, 3.05) is 19.5 Å². The molecule has 0 radical (unpaired) electrons. The predicted octanol–water partition coefficient (Wildman–Crippen LogP) is 3.34. The van der Waals surface area contributed by atoms with E-state index in [2.05, 4.69) is 5.32 Å². The van der Waals surface area contributed by atoms with Crippen molar-refractivity contribution in [2.45, 2.75) is 20.0 Å². The van der Waals surface area contributed by atoms with Gasteiger partial charge in [0.2, 0.25) is 0 Å². The Bertz CT molecular complexity index is 822. The largest absolute Gasteiger partial charge is 0.493 e. The molecule has 0 fully saturated rings. The number of hydrogen-bond donors (Lipinski definition) is 1. The molecule has 0 saturated heterocycles. The Hall–Kier alpha value is -3.09. The van der Waals surface area contributed by atoms with Crippen LogP contribution in [0.4, 0.5) is 10.1 Å². The molecule has 0 aliphatic carbocycles. The first kappa shape index (κ1) is 19.2. The number of rotatable bonds is 6. The van der Waals surface area contributed by atoms with Crippen LogP contribution in [-0.4, -0.2) is 32.2 Å². The van der Waals surface area contributed by atoms with Gasteiger partial charge in [-0.25, -0.2) is 9.18 Å². The first-order valence-corrected chi connectivity index (χ1v) is 7.85. The van der Waals surface area contributed by atoms with Crippen molar-refractivity contribution >= 4 is 17.6 Å². The second-order valence-corrected chi connectivity index (χ2v) is 5.57. The summed E-state index contributed by atoms with van der Waals surface area (Å²) in [6.45, 7) is 3.02. The maximum atomic E-state index is 13.5. The highest BCUT2D eigenvalue weighted by molar-refractivity contribution is 5.97. The van der Waals surface area contributed by atoms with E-state index in [-0.39, 0.29) is 5.56 Å². The van der Waals surface area contributed by atoms with E-state index in [4.69, 9.17) is 14.2 Å². The molecule has 2 aromatic rings. The Morgan fingerprint density at radius 3 is 2.35 bits per heavy atom. The highest BCUT2D eigenvalue weighted by Gasteiger charge is 2.20. The molecular formula is C19H20FNO5. The smallest absolute Gasteiger partial charge is 0.339 e. The Morgan fingerprint density at radius 2 is 1.73 bits per heavy atom. The summed E-state index contributed by atoms with van der Waals surface area (Å²) in [6, 6.07) is 8.85. The lowest BCUT2D eigenvalue weighted by atomic mass is 10.1. The fraction of sp³-hybridized carbons (Fsp3) is 0.263. The third-order valence-corrected chi connectivity index (χ3v) is 3.71. The second-order valence-electron chi connectivity index (χ2n) is 5.57. The molecule has 1 amide bonds. The van der Waals surface area contributed by atoms with Gasteiger partial charge >= 0.3 is 5.97 Å². The van der Waals surface area contributed by atoms with Gasteiger partial charge in [-0.05, 0) is 43.7 Å². The molecule has 138 valence electrons. The van der Waals surface area contributed by atoms with Crippen LogP contribution in [0.1, 0.15) is 22.8 Å². The van der Waals surface area contributed by atoms with E-state index in [9.17, 15) is 14.0 Å². The Balaban J connectivity index is 2.03. The lowest BCUT2D eigenvalue weighted by molar-refractivity contribution is -0.123. The third kappa shape index (κ3) is 4.50. The van der Waals surface area contributed by atoms with Gasteiger partial charge in [0.15, 0.2) is 17.6 Å². The van der Waals surface area contributed by atoms with E-state index >= 15 is 0 Å². The Morgan fingerprint density at radius 1 is 1.04 bits per heavy atom. The van der Waals surface area contributed by atoms with E-state index in [0.717, 1.165) is 6.07 Å².